The first-order chi connectivity index (χ1) is 5.35. The zero-order chi connectivity index (χ0) is 7.73. The van der Waals surface area contributed by atoms with Crippen LogP contribution in [0, 0.1) is 0 Å². The van der Waals surface area contributed by atoms with Crippen molar-refractivity contribution >= 4 is 5.71 Å². The molecule has 0 aromatic carbocycles. The van der Waals surface area contributed by atoms with Crippen LogP contribution in [-0.2, 0) is 9.57 Å². The van der Waals surface area contributed by atoms with Gasteiger partial charge in [0.2, 0.25) is 0 Å². The van der Waals surface area contributed by atoms with Crippen LogP contribution in [0.25, 0.3) is 0 Å². The lowest BCUT2D eigenvalue weighted by Gasteiger charge is -2.16. The monoisotopic (exact) mass is 156 g/mol. The summed E-state index contributed by atoms with van der Waals surface area (Å²) in [5, 5.41) is 3.90. The Labute approximate surface area is 65.3 Å². The maximum Gasteiger partial charge on any atom is 0.168 e. The number of oxime groups is 1. The van der Waals surface area contributed by atoms with Crippen molar-refractivity contribution in [3.8, 4) is 0 Å². The van der Waals surface area contributed by atoms with E-state index in [1.807, 2.05) is 0 Å². The van der Waals surface area contributed by atoms with Crippen LogP contribution in [0.4, 0.5) is 0 Å². The summed E-state index contributed by atoms with van der Waals surface area (Å²) in [7, 11) is 0. The summed E-state index contributed by atoms with van der Waals surface area (Å²) in [6.45, 7) is 1.95. The number of rotatable bonds is 1. The zero-order valence-corrected chi connectivity index (χ0v) is 6.38. The van der Waals surface area contributed by atoms with E-state index in [4.69, 9.17) is 15.3 Å². The molecule has 0 aromatic rings. The van der Waals surface area contributed by atoms with Crippen LogP contribution in [0.5, 0.6) is 0 Å². The fourth-order valence-electron chi connectivity index (χ4n) is 1.51. The van der Waals surface area contributed by atoms with Gasteiger partial charge in [-0.3, -0.25) is 0 Å². The molecular weight excluding hydrogens is 144 g/mol. The molecule has 1 saturated heterocycles. The van der Waals surface area contributed by atoms with Crippen LogP contribution < -0.4 is 5.73 Å². The van der Waals surface area contributed by atoms with Crippen molar-refractivity contribution in [1.82, 2.24) is 0 Å². The first-order valence-electron chi connectivity index (χ1n) is 3.86. The third kappa shape index (κ3) is 1.12. The van der Waals surface area contributed by atoms with Crippen LogP contribution in [0.2, 0.25) is 0 Å². The number of hydrogen-bond acceptors (Lipinski definition) is 4. The molecule has 0 amide bonds. The van der Waals surface area contributed by atoms with E-state index in [0.717, 1.165) is 25.2 Å². The highest BCUT2D eigenvalue weighted by Gasteiger charge is 2.42. The van der Waals surface area contributed by atoms with Crippen molar-refractivity contribution in [1.29, 1.82) is 0 Å². The first-order valence-corrected chi connectivity index (χ1v) is 3.86. The molecular formula is C7H12N2O2. The summed E-state index contributed by atoms with van der Waals surface area (Å²) in [6.07, 6.45) is 1.80. The van der Waals surface area contributed by atoms with E-state index < -0.39 is 0 Å². The van der Waals surface area contributed by atoms with Gasteiger partial charge in [-0.2, -0.15) is 0 Å². The largest absolute Gasteiger partial charge is 0.386 e. The predicted octanol–water partition coefficient (Wildman–Crippen LogP) is -0.120. The van der Waals surface area contributed by atoms with Gasteiger partial charge in [-0.1, -0.05) is 5.16 Å². The Morgan fingerprint density at radius 3 is 3.09 bits per heavy atom. The van der Waals surface area contributed by atoms with Gasteiger partial charge in [0, 0.05) is 19.4 Å². The second-order valence-corrected chi connectivity index (χ2v) is 3.12. The van der Waals surface area contributed by atoms with Crippen LogP contribution >= 0.6 is 0 Å². The van der Waals surface area contributed by atoms with E-state index in [1.165, 1.54) is 0 Å². The molecule has 62 valence electrons. The molecule has 2 heterocycles. The smallest absolute Gasteiger partial charge is 0.168 e. The molecule has 0 saturated carbocycles. The number of nitrogens with zero attached hydrogens (tertiary/aromatic N) is 1. The van der Waals surface area contributed by atoms with Crippen molar-refractivity contribution in [2.75, 3.05) is 19.8 Å². The summed E-state index contributed by atoms with van der Waals surface area (Å²) in [5.41, 5.74) is 6.24. The Morgan fingerprint density at radius 2 is 2.55 bits per heavy atom. The molecule has 0 aliphatic carbocycles. The summed E-state index contributed by atoms with van der Waals surface area (Å²) in [6, 6.07) is 0. The molecule has 2 aliphatic rings. The van der Waals surface area contributed by atoms with Gasteiger partial charge in [-0.25, -0.2) is 0 Å². The molecule has 0 aromatic heterocycles. The third-order valence-electron chi connectivity index (χ3n) is 2.20. The molecule has 4 heteroatoms. The molecule has 1 unspecified atom stereocenters. The lowest BCUT2D eigenvalue weighted by Crippen LogP contribution is -2.30. The maximum atomic E-state index is 5.43. The second-order valence-electron chi connectivity index (χ2n) is 3.12. The molecule has 2 rings (SSSR count). The number of ether oxygens (including phenoxy) is 1. The third-order valence-corrected chi connectivity index (χ3v) is 2.20. The molecule has 0 radical (unpaired) electrons. The average molecular weight is 156 g/mol. The lowest BCUT2D eigenvalue weighted by molar-refractivity contribution is -0.0237. The highest BCUT2D eigenvalue weighted by Crippen LogP contribution is 2.31. The van der Waals surface area contributed by atoms with Gasteiger partial charge in [-0.15, -0.1) is 0 Å². The molecule has 4 nitrogen and oxygen atoms in total. The molecule has 1 spiro atoms. The van der Waals surface area contributed by atoms with Gasteiger partial charge < -0.3 is 15.3 Å². The standard InChI is InChI=1S/C7H12N2O2/c8-4-6-3-7(11-9-6)1-2-10-5-7/h1-5,8H2. The minimum absolute atomic E-state index is 0.144. The first kappa shape index (κ1) is 7.06. The molecule has 2 N–H and O–H groups in total. The highest BCUT2D eigenvalue weighted by atomic mass is 16.7. The number of hydrogen-bond donors (Lipinski definition) is 1. The van der Waals surface area contributed by atoms with Gasteiger partial charge in [0.1, 0.15) is 0 Å². The molecule has 1 fully saturated rings. The Balaban J connectivity index is 2.01. The fraction of sp³-hybridized carbons (Fsp3) is 0.857. The van der Waals surface area contributed by atoms with Crippen LogP contribution in [0.15, 0.2) is 5.16 Å². The number of nitrogens with two attached hydrogens (primary N) is 1. The van der Waals surface area contributed by atoms with E-state index in [0.29, 0.717) is 13.2 Å². The Morgan fingerprint density at radius 1 is 1.64 bits per heavy atom. The van der Waals surface area contributed by atoms with E-state index >= 15 is 0 Å². The molecule has 11 heavy (non-hydrogen) atoms. The van der Waals surface area contributed by atoms with Crippen LogP contribution in [0.3, 0.4) is 0 Å². The van der Waals surface area contributed by atoms with Crippen LogP contribution in [-0.4, -0.2) is 31.1 Å². The van der Waals surface area contributed by atoms with E-state index in [9.17, 15) is 0 Å². The van der Waals surface area contributed by atoms with E-state index in [1.54, 1.807) is 0 Å². The van der Waals surface area contributed by atoms with Gasteiger partial charge in [-0.05, 0) is 0 Å². The van der Waals surface area contributed by atoms with Gasteiger partial charge in [0.25, 0.3) is 0 Å². The van der Waals surface area contributed by atoms with Crippen molar-refractivity contribution in [3.05, 3.63) is 0 Å². The molecule has 2 aliphatic heterocycles. The van der Waals surface area contributed by atoms with Gasteiger partial charge in [0.05, 0.1) is 18.9 Å². The topological polar surface area (TPSA) is 56.8 Å². The highest BCUT2D eigenvalue weighted by molar-refractivity contribution is 5.87. The SMILES string of the molecule is NCC1=NOC2(CCOC2)C1. The van der Waals surface area contributed by atoms with Gasteiger partial charge >= 0.3 is 0 Å². The second kappa shape index (κ2) is 2.46. The summed E-state index contributed by atoms with van der Waals surface area (Å²) in [5.74, 6) is 0. The predicted molar refractivity (Wildman–Crippen MR) is 40.4 cm³/mol. The molecule has 0 bridgehead atoms. The minimum Gasteiger partial charge on any atom is -0.386 e. The van der Waals surface area contributed by atoms with Crippen LogP contribution in [0.1, 0.15) is 12.8 Å². The van der Waals surface area contributed by atoms with E-state index in [2.05, 4.69) is 5.16 Å². The zero-order valence-electron chi connectivity index (χ0n) is 6.38. The van der Waals surface area contributed by atoms with Crippen molar-refractivity contribution in [3.63, 3.8) is 0 Å². The maximum absolute atomic E-state index is 5.43. The minimum atomic E-state index is -0.144. The Bertz CT molecular complexity index is 185. The summed E-state index contributed by atoms with van der Waals surface area (Å²) in [4.78, 5) is 5.29. The molecule has 1 atom stereocenters. The Kier molecular flexibility index (Phi) is 1.58. The van der Waals surface area contributed by atoms with Gasteiger partial charge in [0.15, 0.2) is 5.60 Å². The van der Waals surface area contributed by atoms with Crippen molar-refractivity contribution in [2.45, 2.75) is 18.4 Å². The average Bonchev–Trinajstić information content (AvgIpc) is 2.62. The lowest BCUT2D eigenvalue weighted by atomic mass is 9.97. The van der Waals surface area contributed by atoms with E-state index in [-0.39, 0.29) is 5.60 Å². The van der Waals surface area contributed by atoms with Crippen molar-refractivity contribution in [2.24, 2.45) is 10.9 Å². The quantitative estimate of drug-likeness (QED) is 0.576. The van der Waals surface area contributed by atoms with Crippen molar-refractivity contribution < 1.29 is 9.57 Å². The fourth-order valence-corrected chi connectivity index (χ4v) is 1.51. The summed E-state index contributed by atoms with van der Waals surface area (Å²) >= 11 is 0. The summed E-state index contributed by atoms with van der Waals surface area (Å²) < 4.78 is 5.24. The normalized spacial score (nSPS) is 35.9. The Hall–Kier alpha value is -0.610.